The number of ether oxygens (including phenoxy) is 1. The lowest BCUT2D eigenvalue weighted by molar-refractivity contribution is 0.0696. The third-order valence-electron chi connectivity index (χ3n) is 2.32. The highest BCUT2D eigenvalue weighted by Gasteiger charge is 2.20. The molecule has 10 heteroatoms. The molecule has 0 saturated heterocycles. The molecule has 0 heterocycles. The molecule has 0 unspecified atom stereocenters. The van der Waals surface area contributed by atoms with Crippen molar-refractivity contribution in [2.45, 2.75) is 4.90 Å². The van der Waals surface area contributed by atoms with Crippen molar-refractivity contribution in [2.24, 2.45) is 0 Å². The number of aromatic carboxylic acids is 1. The Morgan fingerprint density at radius 3 is 2.62 bits per heavy atom. The van der Waals surface area contributed by atoms with Gasteiger partial charge in [-0.05, 0) is 28.1 Å². The largest absolute Gasteiger partial charge is 0.478 e. The molecule has 1 aromatic rings. The van der Waals surface area contributed by atoms with Crippen molar-refractivity contribution in [3.63, 3.8) is 0 Å². The van der Waals surface area contributed by atoms with E-state index in [-0.39, 0.29) is 46.3 Å². The summed E-state index contributed by atoms with van der Waals surface area (Å²) in [7, 11) is -3.89. The Morgan fingerprint density at radius 1 is 1.38 bits per heavy atom. The highest BCUT2D eigenvalue weighted by Crippen LogP contribution is 2.29. The predicted octanol–water partition coefficient (Wildman–Crippen LogP) is 1.09. The van der Waals surface area contributed by atoms with Crippen LogP contribution < -0.4 is 4.72 Å². The van der Waals surface area contributed by atoms with Crippen molar-refractivity contribution in [1.82, 2.24) is 4.72 Å². The molecule has 0 amide bonds. The standard InChI is InChI=1S/C11H13BrClNO6S/c12-9-6-7(5-8(10(9)13)11(16)17)21(18,19)14-1-3-20-4-2-15/h5-6,14-15H,1-4H2,(H,16,17). The minimum absolute atomic E-state index is 0.00894. The van der Waals surface area contributed by atoms with Gasteiger partial charge in [0.1, 0.15) is 0 Å². The van der Waals surface area contributed by atoms with Crippen molar-refractivity contribution < 1.29 is 28.2 Å². The predicted molar refractivity (Wildman–Crippen MR) is 79.2 cm³/mol. The zero-order chi connectivity index (χ0) is 16.0. The van der Waals surface area contributed by atoms with E-state index in [1.54, 1.807) is 0 Å². The quantitative estimate of drug-likeness (QED) is 0.561. The minimum atomic E-state index is -3.89. The number of aliphatic hydroxyl groups excluding tert-OH is 1. The lowest BCUT2D eigenvalue weighted by Crippen LogP contribution is -2.28. The van der Waals surface area contributed by atoms with Crippen molar-refractivity contribution in [2.75, 3.05) is 26.4 Å². The normalized spacial score (nSPS) is 11.6. The van der Waals surface area contributed by atoms with E-state index < -0.39 is 16.0 Å². The molecule has 0 bridgehead atoms. The molecule has 1 rings (SSSR count). The summed E-state index contributed by atoms with van der Waals surface area (Å²) in [6, 6.07) is 2.19. The summed E-state index contributed by atoms with van der Waals surface area (Å²) in [5.74, 6) is -1.33. The molecule has 0 fully saturated rings. The van der Waals surface area contributed by atoms with Crippen LogP contribution in [0.1, 0.15) is 10.4 Å². The van der Waals surface area contributed by atoms with Gasteiger partial charge in [0.15, 0.2) is 0 Å². The summed E-state index contributed by atoms with van der Waals surface area (Å²) >= 11 is 8.81. The molecular formula is C11H13BrClNO6S. The second-order valence-corrected chi connectivity index (χ2v) is 6.80. The average Bonchev–Trinajstić information content (AvgIpc) is 2.40. The van der Waals surface area contributed by atoms with Gasteiger partial charge in [0, 0.05) is 11.0 Å². The molecule has 1 aromatic carbocycles. The van der Waals surface area contributed by atoms with Crippen LogP contribution in [0.3, 0.4) is 0 Å². The summed E-state index contributed by atoms with van der Waals surface area (Å²) in [5.41, 5.74) is -0.317. The lowest BCUT2D eigenvalue weighted by Gasteiger charge is -2.09. The zero-order valence-electron chi connectivity index (χ0n) is 10.7. The first-order valence-corrected chi connectivity index (χ1v) is 8.35. The van der Waals surface area contributed by atoms with Crippen molar-refractivity contribution in [3.8, 4) is 0 Å². The highest BCUT2D eigenvalue weighted by atomic mass is 79.9. The number of sulfonamides is 1. The Balaban J connectivity index is 2.91. The van der Waals surface area contributed by atoms with Crippen LogP contribution in [0.2, 0.25) is 5.02 Å². The van der Waals surface area contributed by atoms with E-state index in [9.17, 15) is 13.2 Å². The number of hydrogen-bond acceptors (Lipinski definition) is 5. The van der Waals surface area contributed by atoms with Crippen LogP contribution in [0.5, 0.6) is 0 Å². The van der Waals surface area contributed by atoms with Crippen LogP contribution in [0.25, 0.3) is 0 Å². The monoisotopic (exact) mass is 401 g/mol. The Bertz CT molecular complexity index is 621. The smallest absolute Gasteiger partial charge is 0.337 e. The van der Waals surface area contributed by atoms with E-state index >= 15 is 0 Å². The van der Waals surface area contributed by atoms with Gasteiger partial charge in [-0.25, -0.2) is 17.9 Å². The number of aliphatic hydroxyl groups is 1. The second-order valence-electron chi connectivity index (χ2n) is 3.81. The molecule has 3 N–H and O–H groups in total. The van der Waals surface area contributed by atoms with Crippen LogP contribution in [-0.2, 0) is 14.8 Å². The Kier molecular flexibility index (Phi) is 7.04. The highest BCUT2D eigenvalue weighted by molar-refractivity contribution is 9.10. The SMILES string of the molecule is O=C(O)c1cc(S(=O)(=O)NCCOCCO)cc(Br)c1Cl. The minimum Gasteiger partial charge on any atom is -0.478 e. The van der Waals surface area contributed by atoms with Gasteiger partial charge >= 0.3 is 5.97 Å². The lowest BCUT2D eigenvalue weighted by atomic mass is 10.2. The topological polar surface area (TPSA) is 113 Å². The number of nitrogens with one attached hydrogen (secondary N) is 1. The number of carboxylic acid groups (broad SMARTS) is 1. The Labute approximate surface area is 135 Å². The molecule has 0 spiro atoms. The van der Waals surface area contributed by atoms with Crippen molar-refractivity contribution in [3.05, 3.63) is 27.2 Å². The molecular weight excluding hydrogens is 390 g/mol. The molecule has 0 atom stereocenters. The molecule has 0 aromatic heterocycles. The van der Waals surface area contributed by atoms with E-state index in [1.807, 2.05) is 0 Å². The van der Waals surface area contributed by atoms with Gasteiger partial charge in [0.05, 0.1) is 35.3 Å². The first-order valence-electron chi connectivity index (χ1n) is 5.70. The summed E-state index contributed by atoms with van der Waals surface area (Å²) in [6.45, 7) is 0.0293. The van der Waals surface area contributed by atoms with E-state index in [0.29, 0.717) is 0 Å². The molecule has 118 valence electrons. The van der Waals surface area contributed by atoms with Crippen LogP contribution >= 0.6 is 27.5 Å². The fourth-order valence-electron chi connectivity index (χ4n) is 1.37. The number of hydrogen-bond donors (Lipinski definition) is 3. The molecule has 7 nitrogen and oxygen atoms in total. The fraction of sp³-hybridized carbons (Fsp3) is 0.364. The Hall–Kier alpha value is -0.710. The first-order chi connectivity index (χ1) is 9.79. The second kappa shape index (κ2) is 8.06. The average molecular weight is 403 g/mol. The van der Waals surface area contributed by atoms with Gasteiger partial charge in [0.25, 0.3) is 0 Å². The van der Waals surface area contributed by atoms with Crippen molar-refractivity contribution in [1.29, 1.82) is 0 Å². The summed E-state index contributed by atoms with van der Waals surface area (Å²) in [6.07, 6.45) is 0. The van der Waals surface area contributed by atoms with Gasteiger partial charge in [-0.1, -0.05) is 11.6 Å². The maximum absolute atomic E-state index is 12.0. The first kappa shape index (κ1) is 18.3. The number of carbonyl (C=O) groups is 1. The molecule has 0 aliphatic carbocycles. The summed E-state index contributed by atoms with van der Waals surface area (Å²) < 4.78 is 31.4. The summed E-state index contributed by atoms with van der Waals surface area (Å²) in [4.78, 5) is 10.8. The van der Waals surface area contributed by atoms with Gasteiger partial charge in [0.2, 0.25) is 10.0 Å². The van der Waals surface area contributed by atoms with Crippen LogP contribution in [0, 0.1) is 0 Å². The van der Waals surface area contributed by atoms with E-state index in [4.69, 9.17) is 26.6 Å². The van der Waals surface area contributed by atoms with Crippen LogP contribution in [-0.4, -0.2) is 51.0 Å². The van der Waals surface area contributed by atoms with Crippen LogP contribution in [0.4, 0.5) is 0 Å². The molecule has 0 aliphatic heterocycles. The summed E-state index contributed by atoms with van der Waals surface area (Å²) in [5, 5.41) is 17.4. The maximum Gasteiger partial charge on any atom is 0.337 e. The number of benzene rings is 1. The third kappa shape index (κ3) is 5.20. The fourth-order valence-corrected chi connectivity index (χ4v) is 3.24. The maximum atomic E-state index is 12.0. The molecule has 21 heavy (non-hydrogen) atoms. The van der Waals surface area contributed by atoms with Gasteiger partial charge in [-0.15, -0.1) is 0 Å². The number of carboxylic acids is 1. The van der Waals surface area contributed by atoms with Gasteiger partial charge in [-0.2, -0.15) is 0 Å². The zero-order valence-corrected chi connectivity index (χ0v) is 13.8. The van der Waals surface area contributed by atoms with Gasteiger partial charge < -0.3 is 14.9 Å². The van der Waals surface area contributed by atoms with E-state index in [0.717, 1.165) is 6.07 Å². The Morgan fingerprint density at radius 2 is 2.05 bits per heavy atom. The van der Waals surface area contributed by atoms with E-state index in [2.05, 4.69) is 20.7 Å². The van der Waals surface area contributed by atoms with E-state index in [1.165, 1.54) is 6.07 Å². The molecule has 0 radical (unpaired) electrons. The number of rotatable bonds is 8. The van der Waals surface area contributed by atoms with Crippen molar-refractivity contribution >= 4 is 43.5 Å². The number of halogens is 2. The molecule has 0 aliphatic rings. The van der Waals surface area contributed by atoms with Crippen LogP contribution in [0.15, 0.2) is 21.5 Å². The third-order valence-corrected chi connectivity index (χ3v) is 5.02. The molecule has 0 saturated carbocycles. The van der Waals surface area contributed by atoms with Gasteiger partial charge in [-0.3, -0.25) is 0 Å².